The van der Waals surface area contributed by atoms with Crippen molar-refractivity contribution >= 4 is 41.3 Å². The maximum Gasteiger partial charge on any atom is 0.191 e. The van der Waals surface area contributed by atoms with Crippen molar-refractivity contribution < 1.29 is 0 Å². The molecule has 2 rings (SSSR count). The molecule has 0 radical (unpaired) electrons. The summed E-state index contributed by atoms with van der Waals surface area (Å²) in [4.78, 5) is 11.6. The Balaban J connectivity index is 0.00000364. The third kappa shape index (κ3) is 9.09. The molecule has 1 fully saturated rings. The minimum Gasteiger partial charge on any atom is -0.356 e. The Kier molecular flexibility index (Phi) is 11.8. The summed E-state index contributed by atoms with van der Waals surface area (Å²) in [6.45, 7) is 14.6. The van der Waals surface area contributed by atoms with Crippen molar-refractivity contribution in [2.24, 2.45) is 16.8 Å². The third-order valence-corrected chi connectivity index (χ3v) is 5.80. The molecule has 156 valence electrons. The summed E-state index contributed by atoms with van der Waals surface area (Å²) in [5, 5.41) is 10.1. The summed E-state index contributed by atoms with van der Waals surface area (Å²) in [7, 11) is 1.83. The van der Waals surface area contributed by atoms with Crippen molar-refractivity contribution in [3.63, 3.8) is 0 Å². The first-order chi connectivity index (χ1) is 12.5. The lowest BCUT2D eigenvalue weighted by atomic mass is 9.92. The lowest BCUT2D eigenvalue weighted by molar-refractivity contribution is 0.139. The van der Waals surface area contributed by atoms with Crippen LogP contribution in [0.1, 0.15) is 63.6 Å². The number of guanidine groups is 1. The number of rotatable bonds is 8. The van der Waals surface area contributed by atoms with Crippen LogP contribution in [-0.4, -0.2) is 49.1 Å². The van der Waals surface area contributed by atoms with Crippen LogP contribution < -0.4 is 10.6 Å². The van der Waals surface area contributed by atoms with Gasteiger partial charge in [0.05, 0.1) is 12.2 Å². The smallest absolute Gasteiger partial charge is 0.191 e. The van der Waals surface area contributed by atoms with E-state index < -0.39 is 0 Å². The molecule has 1 aromatic heterocycles. The molecule has 2 N–H and O–H groups in total. The van der Waals surface area contributed by atoms with Gasteiger partial charge in [-0.05, 0) is 43.6 Å². The van der Waals surface area contributed by atoms with Crippen LogP contribution in [-0.2, 0) is 6.54 Å². The highest BCUT2D eigenvalue weighted by Gasteiger charge is 2.20. The Bertz CT molecular complexity index is 550. The predicted molar refractivity (Wildman–Crippen MR) is 128 cm³/mol. The van der Waals surface area contributed by atoms with E-state index in [1.54, 1.807) is 11.3 Å². The van der Waals surface area contributed by atoms with Crippen LogP contribution in [0.3, 0.4) is 0 Å². The molecule has 0 bridgehead atoms. The Morgan fingerprint density at radius 3 is 2.56 bits per heavy atom. The molecule has 0 spiro atoms. The molecule has 0 aromatic carbocycles. The standard InChI is InChI=1S/C20H37N5S.HI/c1-15(2)18-14-26-19(24-18)11-23-20(21-5)22-8-6-7-9-25-12-16(3)10-17(4)13-25;/h14-17H,6-13H2,1-5H3,(H2,21,22,23);1H. The number of aromatic nitrogens is 1. The molecule has 2 heterocycles. The van der Waals surface area contributed by atoms with Crippen LogP contribution in [0.25, 0.3) is 0 Å². The maximum absolute atomic E-state index is 4.66. The van der Waals surface area contributed by atoms with Crippen LogP contribution in [0, 0.1) is 11.8 Å². The number of likely N-dealkylation sites (tertiary alicyclic amines) is 1. The molecule has 0 saturated carbocycles. The van der Waals surface area contributed by atoms with Gasteiger partial charge in [0.25, 0.3) is 0 Å². The third-order valence-electron chi connectivity index (χ3n) is 4.93. The van der Waals surface area contributed by atoms with E-state index >= 15 is 0 Å². The molecule has 1 aliphatic heterocycles. The van der Waals surface area contributed by atoms with Crippen LogP contribution in [0.5, 0.6) is 0 Å². The quantitative estimate of drug-likeness (QED) is 0.238. The summed E-state index contributed by atoms with van der Waals surface area (Å²) in [5.41, 5.74) is 1.18. The van der Waals surface area contributed by atoms with Crippen LogP contribution >= 0.6 is 35.3 Å². The van der Waals surface area contributed by atoms with Crippen molar-refractivity contribution in [1.82, 2.24) is 20.5 Å². The molecule has 5 nitrogen and oxygen atoms in total. The zero-order valence-corrected chi connectivity index (χ0v) is 20.8. The Morgan fingerprint density at radius 2 is 1.96 bits per heavy atom. The van der Waals surface area contributed by atoms with Gasteiger partial charge in [-0.1, -0.05) is 27.7 Å². The summed E-state index contributed by atoms with van der Waals surface area (Å²) < 4.78 is 0. The van der Waals surface area contributed by atoms with E-state index in [9.17, 15) is 0 Å². The molecular formula is C20H38IN5S. The molecule has 0 aliphatic carbocycles. The van der Waals surface area contributed by atoms with Crippen molar-refractivity contribution in [2.45, 2.75) is 59.4 Å². The average molecular weight is 508 g/mol. The van der Waals surface area contributed by atoms with Crippen molar-refractivity contribution in [1.29, 1.82) is 0 Å². The van der Waals surface area contributed by atoms with Crippen molar-refractivity contribution in [3.8, 4) is 0 Å². The number of hydrogen-bond donors (Lipinski definition) is 2. The summed E-state index contributed by atoms with van der Waals surface area (Å²) in [6.07, 6.45) is 3.81. The summed E-state index contributed by atoms with van der Waals surface area (Å²) in [6, 6.07) is 0. The van der Waals surface area contributed by atoms with Crippen LogP contribution in [0.2, 0.25) is 0 Å². The fourth-order valence-corrected chi connectivity index (χ4v) is 4.59. The minimum atomic E-state index is 0. The van der Waals surface area contributed by atoms with Gasteiger partial charge in [0.1, 0.15) is 5.01 Å². The highest BCUT2D eigenvalue weighted by Crippen LogP contribution is 2.21. The number of unbranched alkanes of at least 4 members (excludes halogenated alkanes) is 1. The minimum absolute atomic E-state index is 0. The van der Waals surface area contributed by atoms with Crippen molar-refractivity contribution in [2.75, 3.05) is 33.2 Å². The first-order valence-corrected chi connectivity index (χ1v) is 11.0. The van der Waals surface area contributed by atoms with E-state index in [0.29, 0.717) is 5.92 Å². The van der Waals surface area contributed by atoms with Gasteiger partial charge in [-0.25, -0.2) is 4.98 Å². The largest absolute Gasteiger partial charge is 0.356 e. The van der Waals surface area contributed by atoms with Gasteiger partial charge in [0.2, 0.25) is 0 Å². The monoisotopic (exact) mass is 507 g/mol. The Morgan fingerprint density at radius 1 is 1.26 bits per heavy atom. The maximum atomic E-state index is 4.66. The first kappa shape index (κ1) is 24.6. The van der Waals surface area contributed by atoms with Crippen LogP contribution in [0.4, 0.5) is 0 Å². The van der Waals surface area contributed by atoms with Gasteiger partial charge in [-0.2, -0.15) is 0 Å². The molecule has 1 aromatic rings. The van der Waals surface area contributed by atoms with Crippen LogP contribution in [0.15, 0.2) is 10.4 Å². The van der Waals surface area contributed by atoms with Crippen molar-refractivity contribution in [3.05, 3.63) is 16.1 Å². The van der Waals surface area contributed by atoms with E-state index in [1.165, 1.54) is 44.6 Å². The number of thiazole rings is 1. The second-order valence-corrected chi connectivity index (χ2v) is 9.03. The second-order valence-electron chi connectivity index (χ2n) is 8.09. The Labute approximate surface area is 186 Å². The normalized spacial score (nSPS) is 21.2. The van der Waals surface area contributed by atoms with E-state index in [1.807, 2.05) is 7.05 Å². The molecular weight excluding hydrogens is 469 g/mol. The van der Waals surface area contributed by atoms with Gasteiger partial charge in [0, 0.05) is 32.1 Å². The lowest BCUT2D eigenvalue weighted by Gasteiger charge is -2.34. The molecule has 1 aliphatic rings. The zero-order chi connectivity index (χ0) is 18.9. The number of piperidine rings is 1. The summed E-state index contributed by atoms with van der Waals surface area (Å²) in [5.74, 6) is 3.05. The fraction of sp³-hybridized carbons (Fsp3) is 0.800. The van der Waals surface area contributed by atoms with E-state index in [2.05, 4.69) is 58.6 Å². The van der Waals surface area contributed by atoms with Gasteiger partial charge < -0.3 is 15.5 Å². The fourth-order valence-electron chi connectivity index (χ4n) is 3.69. The van der Waals surface area contributed by atoms with Gasteiger partial charge in [-0.3, -0.25) is 4.99 Å². The number of hydrogen-bond acceptors (Lipinski definition) is 4. The summed E-state index contributed by atoms with van der Waals surface area (Å²) >= 11 is 1.72. The van der Waals surface area contributed by atoms with E-state index in [-0.39, 0.29) is 24.0 Å². The average Bonchev–Trinajstić information content (AvgIpc) is 3.05. The molecule has 27 heavy (non-hydrogen) atoms. The number of halogens is 1. The van der Waals surface area contributed by atoms with Gasteiger partial charge in [-0.15, -0.1) is 35.3 Å². The second kappa shape index (κ2) is 12.9. The predicted octanol–water partition coefficient (Wildman–Crippen LogP) is 4.31. The molecule has 2 atom stereocenters. The van der Waals surface area contributed by atoms with Gasteiger partial charge >= 0.3 is 0 Å². The molecule has 7 heteroatoms. The van der Waals surface area contributed by atoms with Gasteiger partial charge in [0.15, 0.2) is 5.96 Å². The molecule has 2 unspecified atom stereocenters. The Hall–Kier alpha value is -0.410. The van der Waals surface area contributed by atoms with E-state index in [0.717, 1.165) is 35.9 Å². The highest BCUT2D eigenvalue weighted by molar-refractivity contribution is 14.0. The highest BCUT2D eigenvalue weighted by atomic mass is 127. The topological polar surface area (TPSA) is 52.6 Å². The SMILES string of the molecule is CN=C(NCCCCN1CC(C)CC(C)C1)NCc1nc(C(C)C)cs1.I. The zero-order valence-electron chi connectivity index (χ0n) is 17.6. The molecule has 1 saturated heterocycles. The van der Waals surface area contributed by atoms with E-state index in [4.69, 9.17) is 0 Å². The first-order valence-electron chi connectivity index (χ1n) is 10.1. The number of nitrogens with one attached hydrogen (secondary N) is 2. The number of aliphatic imine (C=N–C) groups is 1. The lowest BCUT2D eigenvalue weighted by Crippen LogP contribution is -2.40. The molecule has 0 amide bonds. The number of nitrogens with zero attached hydrogens (tertiary/aromatic N) is 3.